The second kappa shape index (κ2) is 4.94. The Labute approximate surface area is 90.0 Å². The van der Waals surface area contributed by atoms with Gasteiger partial charge in [0, 0.05) is 16.9 Å². The molecule has 0 aromatic heterocycles. The number of thiol groups is 2. The third-order valence-electron chi connectivity index (χ3n) is 2.29. The summed E-state index contributed by atoms with van der Waals surface area (Å²) in [4.78, 5) is 0. The van der Waals surface area contributed by atoms with Gasteiger partial charge >= 0.3 is 0 Å². The predicted molar refractivity (Wildman–Crippen MR) is 62.9 cm³/mol. The van der Waals surface area contributed by atoms with E-state index in [2.05, 4.69) is 25.3 Å². The first kappa shape index (κ1) is 11.0. The van der Waals surface area contributed by atoms with Crippen LogP contribution in [0.15, 0.2) is 30.3 Å². The summed E-state index contributed by atoms with van der Waals surface area (Å²) in [5.74, 6) is 1.22. The van der Waals surface area contributed by atoms with Crippen LogP contribution in [0, 0.1) is 0 Å². The average molecular weight is 214 g/mol. The molecular weight excluding hydrogens is 200 g/mol. The maximum atomic E-state index is 9.33. The van der Waals surface area contributed by atoms with Gasteiger partial charge in [0.05, 0.1) is 6.61 Å². The molecule has 13 heavy (non-hydrogen) atoms. The maximum Gasteiger partial charge on any atom is 0.0543 e. The van der Waals surface area contributed by atoms with E-state index in [0.717, 1.165) is 5.56 Å². The number of aliphatic hydroxyl groups excluding tert-OH is 1. The Balaban J connectivity index is 3.01. The molecule has 0 fully saturated rings. The highest BCUT2D eigenvalue weighted by atomic mass is 32.1. The molecule has 0 aliphatic heterocycles. The van der Waals surface area contributed by atoms with Crippen molar-refractivity contribution in [2.45, 2.75) is 5.41 Å². The lowest BCUT2D eigenvalue weighted by Gasteiger charge is -2.28. The van der Waals surface area contributed by atoms with E-state index in [0.29, 0.717) is 11.5 Å². The molecule has 1 rings (SSSR count). The summed E-state index contributed by atoms with van der Waals surface area (Å²) >= 11 is 8.53. The number of hydrogen-bond acceptors (Lipinski definition) is 3. The van der Waals surface area contributed by atoms with E-state index in [9.17, 15) is 5.11 Å². The van der Waals surface area contributed by atoms with Crippen molar-refractivity contribution in [1.29, 1.82) is 0 Å². The smallest absolute Gasteiger partial charge is 0.0543 e. The van der Waals surface area contributed by atoms with Gasteiger partial charge in [0.2, 0.25) is 0 Å². The highest BCUT2D eigenvalue weighted by molar-refractivity contribution is 7.81. The topological polar surface area (TPSA) is 20.2 Å². The van der Waals surface area contributed by atoms with Crippen LogP contribution in [0.5, 0.6) is 0 Å². The third-order valence-corrected chi connectivity index (χ3v) is 3.50. The second-order valence-corrected chi connectivity index (χ2v) is 3.75. The lowest BCUT2D eigenvalue weighted by atomic mass is 9.85. The lowest BCUT2D eigenvalue weighted by molar-refractivity contribution is 0.225. The summed E-state index contributed by atoms with van der Waals surface area (Å²) in [6.45, 7) is 0.0873. The summed E-state index contributed by atoms with van der Waals surface area (Å²) in [6.07, 6.45) is 0. The summed E-state index contributed by atoms with van der Waals surface area (Å²) in [5, 5.41) is 9.33. The van der Waals surface area contributed by atoms with E-state index in [1.165, 1.54) is 0 Å². The van der Waals surface area contributed by atoms with Crippen molar-refractivity contribution in [3.05, 3.63) is 35.9 Å². The van der Waals surface area contributed by atoms with Crippen molar-refractivity contribution in [1.82, 2.24) is 0 Å². The molecule has 0 amide bonds. The zero-order valence-electron chi connectivity index (χ0n) is 7.35. The molecule has 0 unspecified atom stereocenters. The van der Waals surface area contributed by atoms with Gasteiger partial charge in [-0.3, -0.25) is 0 Å². The molecule has 0 aliphatic rings. The molecule has 1 nitrogen and oxygen atoms in total. The van der Waals surface area contributed by atoms with E-state index >= 15 is 0 Å². The molecule has 0 radical (unpaired) electrons. The first-order valence-corrected chi connectivity index (χ1v) is 5.43. The van der Waals surface area contributed by atoms with Crippen LogP contribution in [0.25, 0.3) is 0 Å². The van der Waals surface area contributed by atoms with Gasteiger partial charge in [0.1, 0.15) is 0 Å². The van der Waals surface area contributed by atoms with Crippen molar-refractivity contribution in [3.8, 4) is 0 Å². The minimum Gasteiger partial charge on any atom is -0.395 e. The van der Waals surface area contributed by atoms with Crippen LogP contribution < -0.4 is 0 Å². The summed E-state index contributed by atoms with van der Waals surface area (Å²) < 4.78 is 0. The van der Waals surface area contributed by atoms with Gasteiger partial charge in [-0.2, -0.15) is 25.3 Å². The Bertz CT molecular complexity index is 236. The van der Waals surface area contributed by atoms with Gasteiger partial charge in [0.25, 0.3) is 0 Å². The van der Waals surface area contributed by atoms with Crippen molar-refractivity contribution in [3.63, 3.8) is 0 Å². The largest absolute Gasteiger partial charge is 0.395 e. The van der Waals surface area contributed by atoms with Crippen molar-refractivity contribution in [2.24, 2.45) is 0 Å². The van der Waals surface area contributed by atoms with Crippen LogP contribution in [0.3, 0.4) is 0 Å². The Hall–Kier alpha value is -0.120. The highest BCUT2D eigenvalue weighted by Gasteiger charge is 2.28. The van der Waals surface area contributed by atoms with Gasteiger partial charge in [-0.25, -0.2) is 0 Å². The summed E-state index contributed by atoms with van der Waals surface area (Å²) in [5.41, 5.74) is 0.801. The van der Waals surface area contributed by atoms with Crippen LogP contribution in [-0.4, -0.2) is 23.2 Å². The monoisotopic (exact) mass is 214 g/mol. The van der Waals surface area contributed by atoms with E-state index in [-0.39, 0.29) is 12.0 Å². The number of hydrogen-bond donors (Lipinski definition) is 3. The molecule has 0 aliphatic carbocycles. The van der Waals surface area contributed by atoms with Gasteiger partial charge in [-0.15, -0.1) is 0 Å². The maximum absolute atomic E-state index is 9.33. The molecule has 0 saturated heterocycles. The molecule has 0 bridgehead atoms. The number of benzene rings is 1. The van der Waals surface area contributed by atoms with Crippen LogP contribution >= 0.6 is 25.3 Å². The van der Waals surface area contributed by atoms with E-state index in [1.54, 1.807) is 0 Å². The average Bonchev–Trinajstić information content (AvgIpc) is 2.23. The van der Waals surface area contributed by atoms with Crippen molar-refractivity contribution >= 4 is 25.3 Å². The van der Waals surface area contributed by atoms with Crippen molar-refractivity contribution in [2.75, 3.05) is 18.1 Å². The normalized spacial score (nSPS) is 11.6. The molecule has 1 aromatic carbocycles. The zero-order valence-corrected chi connectivity index (χ0v) is 9.14. The zero-order chi connectivity index (χ0) is 9.73. The quantitative estimate of drug-likeness (QED) is 0.653. The molecule has 1 aromatic rings. The van der Waals surface area contributed by atoms with Gasteiger partial charge in [-0.05, 0) is 5.56 Å². The molecule has 3 heteroatoms. The first-order chi connectivity index (χ1) is 6.29. The van der Waals surface area contributed by atoms with Crippen LogP contribution in [0.1, 0.15) is 5.56 Å². The molecule has 0 saturated carbocycles. The Morgan fingerprint density at radius 3 is 2.00 bits per heavy atom. The van der Waals surface area contributed by atoms with Crippen LogP contribution in [0.2, 0.25) is 0 Å². The number of rotatable bonds is 4. The predicted octanol–water partition coefficient (Wildman–Crippen LogP) is 1.78. The van der Waals surface area contributed by atoms with Crippen LogP contribution in [-0.2, 0) is 5.41 Å². The van der Waals surface area contributed by atoms with E-state index < -0.39 is 0 Å². The molecular formula is C10H14OS2. The Morgan fingerprint density at radius 2 is 1.62 bits per heavy atom. The fraction of sp³-hybridized carbons (Fsp3) is 0.400. The fourth-order valence-corrected chi connectivity index (χ4v) is 2.18. The molecule has 0 heterocycles. The molecule has 0 spiro atoms. The Morgan fingerprint density at radius 1 is 1.08 bits per heavy atom. The van der Waals surface area contributed by atoms with Gasteiger partial charge < -0.3 is 5.11 Å². The van der Waals surface area contributed by atoms with E-state index in [1.807, 2.05) is 30.3 Å². The Kier molecular flexibility index (Phi) is 4.16. The van der Waals surface area contributed by atoms with Gasteiger partial charge in [-0.1, -0.05) is 30.3 Å². The first-order valence-electron chi connectivity index (χ1n) is 4.17. The summed E-state index contributed by atoms with van der Waals surface area (Å²) in [6, 6.07) is 9.90. The fourth-order valence-electron chi connectivity index (χ4n) is 1.22. The van der Waals surface area contributed by atoms with Gasteiger partial charge in [0.15, 0.2) is 0 Å². The minimum absolute atomic E-state index is 0.0873. The molecule has 1 N–H and O–H groups in total. The summed E-state index contributed by atoms with van der Waals surface area (Å²) in [7, 11) is 0. The second-order valence-electron chi connectivity index (χ2n) is 3.12. The van der Waals surface area contributed by atoms with Crippen LogP contribution in [0.4, 0.5) is 0 Å². The third kappa shape index (κ3) is 2.22. The molecule has 0 atom stereocenters. The van der Waals surface area contributed by atoms with Crippen molar-refractivity contribution < 1.29 is 5.11 Å². The highest BCUT2D eigenvalue weighted by Crippen LogP contribution is 2.26. The lowest BCUT2D eigenvalue weighted by Crippen LogP contribution is -2.34. The SMILES string of the molecule is OCC(CS)(CS)c1ccccc1. The minimum atomic E-state index is -0.298. The molecule has 72 valence electrons. The standard InChI is InChI=1S/C10H14OS2/c11-6-10(7-12,8-13)9-4-2-1-3-5-9/h1-5,11-13H,6-8H2. The number of aliphatic hydroxyl groups is 1. The van der Waals surface area contributed by atoms with E-state index in [4.69, 9.17) is 0 Å².